The Morgan fingerprint density at radius 2 is 1.86 bits per heavy atom. The maximum Gasteiger partial charge on any atom is 0.293 e. The largest absolute Gasteiger partial charge is 0.436 e. The number of nitro groups is 1. The number of rotatable bonds is 5. The third kappa shape index (κ3) is 4.80. The van der Waals surface area contributed by atoms with Crippen LogP contribution in [0.15, 0.2) is 65.3 Å². The molecule has 1 aliphatic heterocycles. The highest BCUT2D eigenvalue weighted by molar-refractivity contribution is 7.80. The number of aromatic nitrogens is 2. The Labute approximate surface area is 205 Å². The fourth-order valence-corrected chi connectivity index (χ4v) is 4.21. The van der Waals surface area contributed by atoms with Crippen LogP contribution in [-0.4, -0.2) is 39.0 Å². The van der Waals surface area contributed by atoms with Gasteiger partial charge in [0.25, 0.3) is 11.6 Å². The molecule has 0 atom stereocenters. The number of hydrogen-bond donors (Lipinski definition) is 2. The minimum Gasteiger partial charge on any atom is -0.436 e. The van der Waals surface area contributed by atoms with Crippen molar-refractivity contribution < 1.29 is 14.1 Å². The van der Waals surface area contributed by atoms with Crippen molar-refractivity contribution in [1.29, 1.82) is 0 Å². The van der Waals surface area contributed by atoms with Crippen molar-refractivity contribution in [1.82, 2.24) is 15.3 Å². The second-order valence-electron chi connectivity index (χ2n) is 8.00. The third-order valence-corrected chi connectivity index (χ3v) is 5.88. The molecule has 2 aromatic heterocycles. The number of carbonyl (C=O) groups is 1. The second-order valence-corrected chi connectivity index (χ2v) is 8.41. The normalized spacial score (nSPS) is 13.1. The van der Waals surface area contributed by atoms with Gasteiger partial charge in [-0.05, 0) is 67.5 Å². The molecule has 11 heteroatoms. The lowest BCUT2D eigenvalue weighted by Crippen LogP contribution is -2.34. The molecular weight excluding hydrogens is 468 g/mol. The van der Waals surface area contributed by atoms with Crippen molar-refractivity contribution in [3.8, 4) is 11.5 Å². The van der Waals surface area contributed by atoms with Crippen LogP contribution in [-0.2, 0) is 0 Å². The molecule has 0 spiro atoms. The van der Waals surface area contributed by atoms with Crippen LogP contribution >= 0.6 is 12.2 Å². The van der Waals surface area contributed by atoms with E-state index in [2.05, 4.69) is 20.6 Å². The summed E-state index contributed by atoms with van der Waals surface area (Å²) in [6, 6.07) is 13.3. The maximum absolute atomic E-state index is 12.7. The molecule has 1 aliphatic rings. The van der Waals surface area contributed by atoms with Gasteiger partial charge in [-0.15, -0.1) is 0 Å². The first kappa shape index (κ1) is 22.4. The van der Waals surface area contributed by atoms with Crippen molar-refractivity contribution in [2.45, 2.75) is 12.8 Å². The van der Waals surface area contributed by atoms with Crippen molar-refractivity contribution in [3.05, 3.63) is 76.6 Å². The maximum atomic E-state index is 12.7. The summed E-state index contributed by atoms with van der Waals surface area (Å²) in [5, 5.41) is 17.2. The Kier molecular flexibility index (Phi) is 6.06. The topological polar surface area (TPSA) is 126 Å². The van der Waals surface area contributed by atoms with Gasteiger partial charge < -0.3 is 14.6 Å². The smallest absolute Gasteiger partial charge is 0.293 e. The van der Waals surface area contributed by atoms with E-state index in [0.717, 1.165) is 31.5 Å². The summed E-state index contributed by atoms with van der Waals surface area (Å²) in [5.41, 5.74) is 3.20. The molecule has 3 heterocycles. The third-order valence-electron chi connectivity index (χ3n) is 5.68. The van der Waals surface area contributed by atoms with Gasteiger partial charge in [0.2, 0.25) is 5.89 Å². The zero-order valence-electron chi connectivity index (χ0n) is 18.4. The number of pyridine rings is 1. The number of hydrogen-bond acceptors (Lipinski definition) is 8. The van der Waals surface area contributed by atoms with E-state index in [4.69, 9.17) is 16.6 Å². The van der Waals surface area contributed by atoms with Gasteiger partial charge in [0.1, 0.15) is 11.2 Å². The van der Waals surface area contributed by atoms with Crippen LogP contribution in [0.25, 0.3) is 22.6 Å². The average Bonchev–Trinajstić information content (AvgIpc) is 3.54. The Morgan fingerprint density at radius 3 is 2.60 bits per heavy atom. The van der Waals surface area contributed by atoms with Gasteiger partial charge >= 0.3 is 0 Å². The lowest BCUT2D eigenvalue weighted by atomic mass is 10.1. The Balaban J connectivity index is 1.28. The molecular formula is C24H20N6O4S. The van der Waals surface area contributed by atoms with Crippen molar-refractivity contribution >= 4 is 51.4 Å². The Bertz CT molecular complexity index is 1430. The van der Waals surface area contributed by atoms with Crippen molar-refractivity contribution in [3.63, 3.8) is 0 Å². The number of benzene rings is 2. The van der Waals surface area contributed by atoms with Gasteiger partial charge in [0.15, 0.2) is 10.7 Å². The average molecular weight is 489 g/mol. The number of oxazole rings is 1. The lowest BCUT2D eigenvalue weighted by Gasteiger charge is -2.18. The first-order chi connectivity index (χ1) is 17.0. The number of amides is 1. The number of carbonyl (C=O) groups excluding carboxylic acids is 1. The Morgan fingerprint density at radius 1 is 1.09 bits per heavy atom. The van der Waals surface area contributed by atoms with Crippen LogP contribution in [0.2, 0.25) is 0 Å². The standard InChI is InChI=1S/C24H20N6O4S/c31-22(16-3-5-19(20(13-16)30(32)33)29-11-1-2-12-29)28-24(35)26-17-4-6-21-18(14-17)27-23(34-21)15-7-9-25-10-8-15/h3-10,13-14H,1-2,11-12H2,(H2,26,28,31,35). The van der Waals surface area contributed by atoms with Gasteiger partial charge in [0.05, 0.1) is 4.92 Å². The number of anilines is 2. The molecule has 2 N–H and O–H groups in total. The van der Waals surface area contributed by atoms with Gasteiger partial charge in [-0.3, -0.25) is 25.2 Å². The molecule has 0 aliphatic carbocycles. The van der Waals surface area contributed by atoms with Crippen LogP contribution in [0.5, 0.6) is 0 Å². The van der Waals surface area contributed by atoms with Crippen LogP contribution in [0.3, 0.4) is 0 Å². The quantitative estimate of drug-likeness (QED) is 0.237. The van der Waals surface area contributed by atoms with E-state index in [1.54, 1.807) is 54.9 Å². The summed E-state index contributed by atoms with van der Waals surface area (Å²) < 4.78 is 5.79. The monoisotopic (exact) mass is 488 g/mol. The molecule has 10 nitrogen and oxygen atoms in total. The molecule has 0 unspecified atom stereocenters. The molecule has 4 aromatic rings. The highest BCUT2D eigenvalue weighted by Crippen LogP contribution is 2.31. The van der Waals surface area contributed by atoms with E-state index in [-0.39, 0.29) is 16.4 Å². The van der Waals surface area contributed by atoms with E-state index in [0.29, 0.717) is 28.4 Å². The lowest BCUT2D eigenvalue weighted by molar-refractivity contribution is -0.384. The molecule has 35 heavy (non-hydrogen) atoms. The van der Waals surface area contributed by atoms with Gasteiger partial charge in [-0.1, -0.05) is 0 Å². The number of nitrogens with one attached hydrogen (secondary N) is 2. The minimum absolute atomic E-state index is 0.0541. The highest BCUT2D eigenvalue weighted by atomic mass is 32.1. The summed E-state index contributed by atoms with van der Waals surface area (Å²) in [7, 11) is 0. The van der Waals surface area contributed by atoms with E-state index in [1.165, 1.54) is 6.07 Å². The second kappa shape index (κ2) is 9.47. The summed E-state index contributed by atoms with van der Waals surface area (Å²) >= 11 is 5.28. The van der Waals surface area contributed by atoms with Crippen molar-refractivity contribution in [2.24, 2.45) is 0 Å². The number of nitrogens with zero attached hydrogens (tertiary/aromatic N) is 4. The molecule has 1 saturated heterocycles. The summed E-state index contributed by atoms with van der Waals surface area (Å²) in [4.78, 5) is 34.3. The van der Waals surface area contributed by atoms with Crippen molar-refractivity contribution in [2.75, 3.05) is 23.3 Å². The molecule has 176 valence electrons. The molecule has 0 saturated carbocycles. The molecule has 0 bridgehead atoms. The SMILES string of the molecule is O=C(NC(=S)Nc1ccc2oc(-c3ccncc3)nc2c1)c1ccc(N2CCCC2)c([N+](=O)[O-])c1. The van der Waals surface area contributed by atoms with Gasteiger partial charge in [-0.2, -0.15) is 0 Å². The van der Waals surface area contributed by atoms with Crippen LogP contribution in [0.4, 0.5) is 17.1 Å². The zero-order chi connectivity index (χ0) is 24.4. The molecule has 1 amide bonds. The molecule has 5 rings (SSSR count). The Hall–Kier alpha value is -4.38. The number of thiocarbonyl (C=S) groups is 1. The summed E-state index contributed by atoms with van der Waals surface area (Å²) in [5.74, 6) is -0.0736. The van der Waals surface area contributed by atoms with E-state index in [9.17, 15) is 14.9 Å². The first-order valence-corrected chi connectivity index (χ1v) is 11.4. The van der Waals surface area contributed by atoms with Crippen LogP contribution in [0.1, 0.15) is 23.2 Å². The molecule has 0 radical (unpaired) electrons. The van der Waals surface area contributed by atoms with Gasteiger partial charge in [0, 0.05) is 48.4 Å². The number of fused-ring (bicyclic) bond motifs is 1. The van der Waals surface area contributed by atoms with E-state index in [1.807, 2.05) is 4.90 Å². The predicted molar refractivity (Wildman–Crippen MR) is 135 cm³/mol. The molecule has 2 aromatic carbocycles. The van der Waals surface area contributed by atoms with E-state index >= 15 is 0 Å². The first-order valence-electron chi connectivity index (χ1n) is 10.9. The minimum atomic E-state index is -0.541. The predicted octanol–water partition coefficient (Wildman–Crippen LogP) is 4.53. The van der Waals surface area contributed by atoms with Gasteiger partial charge in [-0.25, -0.2) is 4.98 Å². The number of nitro benzene ring substituents is 1. The van der Waals surface area contributed by atoms with E-state index < -0.39 is 10.8 Å². The van der Waals surface area contributed by atoms with Crippen LogP contribution < -0.4 is 15.5 Å². The fourth-order valence-electron chi connectivity index (χ4n) is 4.00. The molecule has 1 fully saturated rings. The van der Waals surface area contributed by atoms with Crippen LogP contribution in [0, 0.1) is 10.1 Å². The highest BCUT2D eigenvalue weighted by Gasteiger charge is 2.24. The summed E-state index contributed by atoms with van der Waals surface area (Å²) in [6.07, 6.45) is 5.30. The zero-order valence-corrected chi connectivity index (χ0v) is 19.2. The fraction of sp³-hybridized carbons (Fsp3) is 0.167. The summed E-state index contributed by atoms with van der Waals surface area (Å²) in [6.45, 7) is 1.53.